The van der Waals surface area contributed by atoms with Crippen LogP contribution in [0.3, 0.4) is 0 Å². The lowest BCUT2D eigenvalue weighted by molar-refractivity contribution is -0.122. The summed E-state index contributed by atoms with van der Waals surface area (Å²) < 4.78 is 1.04. The van der Waals surface area contributed by atoms with Crippen LogP contribution in [0.15, 0.2) is 83.7 Å². The number of hydrogen-bond donors (Lipinski definition) is 2. The highest BCUT2D eigenvalue weighted by Gasteiger charge is 2.14. The minimum Gasteiger partial charge on any atom is -0.348 e. The first-order valence-corrected chi connectivity index (χ1v) is 10.1. The zero-order valence-corrected chi connectivity index (χ0v) is 17.4. The zero-order chi connectivity index (χ0) is 22.5. The molecule has 3 aromatic carbocycles. The van der Waals surface area contributed by atoms with E-state index in [2.05, 4.69) is 20.9 Å². The van der Waals surface area contributed by atoms with Crippen molar-refractivity contribution in [2.45, 2.75) is 19.5 Å². The van der Waals surface area contributed by atoms with Crippen molar-refractivity contribution < 1.29 is 9.59 Å². The number of aromatic nitrogens is 3. The van der Waals surface area contributed by atoms with Crippen LogP contribution in [0, 0.1) is 0 Å². The molecule has 4 aromatic rings. The molecule has 0 saturated heterocycles. The van der Waals surface area contributed by atoms with E-state index >= 15 is 0 Å². The van der Waals surface area contributed by atoms with Crippen LogP contribution in [0.25, 0.3) is 10.9 Å². The largest absolute Gasteiger partial charge is 0.348 e. The Kier molecular flexibility index (Phi) is 6.03. The van der Waals surface area contributed by atoms with Crippen LogP contribution in [-0.2, 0) is 11.3 Å². The van der Waals surface area contributed by atoms with Crippen LogP contribution >= 0.6 is 0 Å². The van der Waals surface area contributed by atoms with Crippen LogP contribution in [0.5, 0.6) is 0 Å². The average molecular weight is 427 g/mol. The van der Waals surface area contributed by atoms with Gasteiger partial charge < -0.3 is 10.6 Å². The zero-order valence-electron chi connectivity index (χ0n) is 17.4. The van der Waals surface area contributed by atoms with Crippen LogP contribution < -0.4 is 16.2 Å². The summed E-state index contributed by atoms with van der Waals surface area (Å²) >= 11 is 0. The number of rotatable bonds is 6. The molecule has 0 aliphatic rings. The molecule has 2 amide bonds. The number of anilines is 1. The minimum atomic E-state index is -0.372. The first kappa shape index (κ1) is 20.9. The number of benzene rings is 3. The van der Waals surface area contributed by atoms with Gasteiger partial charge >= 0.3 is 0 Å². The third kappa shape index (κ3) is 4.70. The summed E-state index contributed by atoms with van der Waals surface area (Å²) in [5.74, 6) is -0.586. The van der Waals surface area contributed by atoms with Crippen molar-refractivity contribution in [2.75, 3.05) is 5.32 Å². The molecule has 4 rings (SSSR count). The summed E-state index contributed by atoms with van der Waals surface area (Å²) in [6.45, 7) is 1.58. The van der Waals surface area contributed by atoms with E-state index in [-0.39, 0.29) is 30.0 Å². The first-order valence-electron chi connectivity index (χ1n) is 10.1. The van der Waals surface area contributed by atoms with Gasteiger partial charge in [0.1, 0.15) is 12.1 Å². The second-order valence-corrected chi connectivity index (χ2v) is 7.30. The summed E-state index contributed by atoms with van der Waals surface area (Å²) in [5.41, 5.74) is 2.09. The third-order valence-corrected chi connectivity index (χ3v) is 4.98. The van der Waals surface area contributed by atoms with Gasteiger partial charge in [-0.05, 0) is 48.9 Å². The monoisotopic (exact) mass is 427 g/mol. The Morgan fingerprint density at radius 3 is 2.53 bits per heavy atom. The third-order valence-electron chi connectivity index (χ3n) is 4.98. The molecule has 0 spiro atoms. The van der Waals surface area contributed by atoms with Crippen LogP contribution in [0.4, 0.5) is 5.69 Å². The number of hydrogen-bond acceptors (Lipinski definition) is 5. The fourth-order valence-electron chi connectivity index (χ4n) is 3.31. The van der Waals surface area contributed by atoms with E-state index in [4.69, 9.17) is 0 Å². The quantitative estimate of drug-likeness (QED) is 0.492. The molecule has 0 aliphatic heterocycles. The molecule has 160 valence electrons. The second-order valence-electron chi connectivity index (χ2n) is 7.30. The number of amides is 2. The molecule has 0 radical (unpaired) electrons. The molecule has 0 saturated carbocycles. The Morgan fingerprint density at radius 1 is 0.969 bits per heavy atom. The molecule has 0 bridgehead atoms. The van der Waals surface area contributed by atoms with E-state index in [0.29, 0.717) is 22.2 Å². The second kappa shape index (κ2) is 9.22. The molecule has 0 fully saturated rings. The average Bonchev–Trinajstić information content (AvgIpc) is 2.82. The molecule has 8 heteroatoms. The van der Waals surface area contributed by atoms with Crippen LogP contribution in [0.1, 0.15) is 28.9 Å². The van der Waals surface area contributed by atoms with Gasteiger partial charge in [-0.2, -0.15) is 0 Å². The molecule has 2 N–H and O–H groups in total. The van der Waals surface area contributed by atoms with Crippen molar-refractivity contribution in [2.24, 2.45) is 0 Å². The topological polar surface area (TPSA) is 106 Å². The molecule has 0 aliphatic carbocycles. The number of nitrogens with one attached hydrogen (secondary N) is 2. The number of carbonyl (C=O) groups is 2. The molecule has 1 aromatic heterocycles. The Labute approximate surface area is 183 Å². The van der Waals surface area contributed by atoms with Crippen molar-refractivity contribution >= 4 is 28.4 Å². The van der Waals surface area contributed by atoms with Crippen LogP contribution in [0.2, 0.25) is 0 Å². The lowest BCUT2D eigenvalue weighted by Gasteiger charge is -2.16. The van der Waals surface area contributed by atoms with Gasteiger partial charge in [0.15, 0.2) is 0 Å². The fraction of sp³-hybridized carbons (Fsp3) is 0.125. The number of nitrogens with zero attached hydrogens (tertiary/aromatic N) is 3. The van der Waals surface area contributed by atoms with Crippen molar-refractivity contribution in [3.05, 3.63) is 100 Å². The van der Waals surface area contributed by atoms with Gasteiger partial charge in [0.05, 0.1) is 11.4 Å². The molecular formula is C24H21N5O3. The maximum Gasteiger partial charge on any atom is 0.278 e. The van der Waals surface area contributed by atoms with Crippen molar-refractivity contribution in [3.8, 4) is 0 Å². The smallest absolute Gasteiger partial charge is 0.278 e. The highest BCUT2D eigenvalue weighted by molar-refractivity contribution is 6.04. The first-order chi connectivity index (χ1) is 15.5. The van der Waals surface area contributed by atoms with Crippen molar-refractivity contribution in [1.29, 1.82) is 0 Å². The summed E-state index contributed by atoms with van der Waals surface area (Å²) in [6, 6.07) is 22.7. The van der Waals surface area contributed by atoms with E-state index in [1.54, 1.807) is 66.7 Å². The molecule has 0 unspecified atom stereocenters. The van der Waals surface area contributed by atoms with E-state index < -0.39 is 0 Å². The highest BCUT2D eigenvalue weighted by Crippen LogP contribution is 2.18. The lowest BCUT2D eigenvalue weighted by atomic mass is 10.1. The van der Waals surface area contributed by atoms with Crippen molar-refractivity contribution in [1.82, 2.24) is 20.3 Å². The van der Waals surface area contributed by atoms with E-state index in [0.717, 1.165) is 10.2 Å². The van der Waals surface area contributed by atoms with Crippen LogP contribution in [-0.4, -0.2) is 26.8 Å². The van der Waals surface area contributed by atoms with Gasteiger partial charge in [0, 0.05) is 11.3 Å². The number of fused-ring (bicyclic) bond motifs is 1. The van der Waals surface area contributed by atoms with Gasteiger partial charge in [-0.25, -0.2) is 4.68 Å². The predicted octanol–water partition coefficient (Wildman–Crippen LogP) is 2.92. The summed E-state index contributed by atoms with van der Waals surface area (Å²) in [7, 11) is 0. The SMILES string of the molecule is C[C@H](NC(=O)Cn1nnc2ccccc2c1=O)c1cccc(NC(=O)c2ccccc2)c1. The predicted molar refractivity (Wildman–Crippen MR) is 121 cm³/mol. The molecule has 32 heavy (non-hydrogen) atoms. The maximum atomic E-state index is 12.5. The normalized spacial score (nSPS) is 11.7. The van der Waals surface area contributed by atoms with Gasteiger partial charge in [-0.1, -0.05) is 47.7 Å². The van der Waals surface area contributed by atoms with Gasteiger partial charge in [0.2, 0.25) is 5.91 Å². The van der Waals surface area contributed by atoms with Crippen molar-refractivity contribution in [3.63, 3.8) is 0 Å². The Morgan fingerprint density at radius 2 is 1.72 bits per heavy atom. The molecule has 1 atom stereocenters. The number of carbonyl (C=O) groups excluding carboxylic acids is 2. The molecule has 8 nitrogen and oxygen atoms in total. The summed E-state index contributed by atoms with van der Waals surface area (Å²) in [4.78, 5) is 37.4. The Bertz CT molecular complexity index is 1330. The van der Waals surface area contributed by atoms with Gasteiger partial charge in [-0.15, -0.1) is 5.10 Å². The minimum absolute atomic E-state index is 0.214. The fourth-order valence-corrected chi connectivity index (χ4v) is 3.31. The van der Waals surface area contributed by atoms with E-state index in [1.807, 2.05) is 19.1 Å². The highest BCUT2D eigenvalue weighted by atomic mass is 16.2. The molecule has 1 heterocycles. The van der Waals surface area contributed by atoms with Gasteiger partial charge in [0.25, 0.3) is 11.5 Å². The maximum absolute atomic E-state index is 12.5. The lowest BCUT2D eigenvalue weighted by Crippen LogP contribution is -2.35. The summed E-state index contributed by atoms with van der Waals surface area (Å²) in [5, 5.41) is 14.0. The van der Waals surface area contributed by atoms with E-state index in [9.17, 15) is 14.4 Å². The Hall–Kier alpha value is -4.33. The van der Waals surface area contributed by atoms with E-state index in [1.165, 1.54) is 0 Å². The molecular weight excluding hydrogens is 406 g/mol. The van der Waals surface area contributed by atoms with Gasteiger partial charge in [-0.3, -0.25) is 14.4 Å². The standard InChI is InChI=1S/C24H21N5O3/c1-16(18-10-7-11-19(14-18)26-23(31)17-8-3-2-4-9-17)25-22(30)15-29-24(32)20-12-5-6-13-21(20)27-28-29/h2-14,16H,15H2,1H3,(H,25,30)(H,26,31)/t16-/m0/s1. The summed E-state index contributed by atoms with van der Waals surface area (Å²) in [6.07, 6.45) is 0. The Balaban J connectivity index is 1.43.